The number of carbonyl (C=O) groups excluding carboxylic acids is 1. The Labute approximate surface area is 115 Å². The van der Waals surface area contributed by atoms with Crippen molar-refractivity contribution in [2.75, 3.05) is 5.73 Å². The lowest BCUT2D eigenvalue weighted by Crippen LogP contribution is -2.02. The number of Topliss-reactive ketones (excluding diaryl/α,β-unsaturated/α-hetero) is 1. The first-order valence-corrected chi connectivity index (χ1v) is 5.97. The third-order valence-electron chi connectivity index (χ3n) is 2.52. The molecule has 0 saturated heterocycles. The van der Waals surface area contributed by atoms with E-state index in [1.165, 1.54) is 6.92 Å². The van der Waals surface area contributed by atoms with Gasteiger partial charge in [-0.1, -0.05) is 29.3 Å². The number of anilines is 1. The molecule has 0 aliphatic heterocycles. The maximum absolute atomic E-state index is 11.3. The number of carbonyl (C=O) groups is 1. The third kappa shape index (κ3) is 2.47. The number of rotatable bonds is 2. The molecule has 0 aliphatic carbocycles. The average molecular weight is 281 g/mol. The van der Waals surface area contributed by atoms with Crippen molar-refractivity contribution < 1.29 is 4.79 Å². The van der Waals surface area contributed by atoms with E-state index in [1.54, 1.807) is 30.3 Å². The maximum Gasteiger partial charge on any atom is 0.163 e. The summed E-state index contributed by atoms with van der Waals surface area (Å²) in [6.45, 7) is 1.45. The first-order valence-electron chi connectivity index (χ1n) is 5.22. The number of hydrogen-bond donors (Lipinski definition) is 1. The van der Waals surface area contributed by atoms with Gasteiger partial charge >= 0.3 is 0 Å². The van der Waals surface area contributed by atoms with Crippen molar-refractivity contribution >= 4 is 34.8 Å². The second-order valence-electron chi connectivity index (χ2n) is 3.81. The Morgan fingerprint density at radius 1 is 1.17 bits per heavy atom. The molecule has 5 heteroatoms. The number of pyridine rings is 1. The van der Waals surface area contributed by atoms with E-state index in [1.807, 2.05) is 0 Å². The lowest BCUT2D eigenvalue weighted by atomic mass is 10.1. The Hall–Kier alpha value is -1.58. The average Bonchev–Trinajstić information content (AvgIpc) is 2.32. The molecule has 0 fully saturated rings. The zero-order valence-corrected chi connectivity index (χ0v) is 11.1. The number of halogens is 2. The van der Waals surface area contributed by atoms with Gasteiger partial charge in [0.2, 0.25) is 0 Å². The second kappa shape index (κ2) is 4.96. The van der Waals surface area contributed by atoms with E-state index in [2.05, 4.69) is 4.98 Å². The van der Waals surface area contributed by atoms with Gasteiger partial charge in [-0.15, -0.1) is 0 Å². The van der Waals surface area contributed by atoms with E-state index in [0.29, 0.717) is 21.3 Å². The minimum Gasteiger partial charge on any atom is -0.383 e. The molecule has 2 N–H and O–H groups in total. The first-order chi connectivity index (χ1) is 8.49. The summed E-state index contributed by atoms with van der Waals surface area (Å²) in [5.74, 6) is 0.103. The topological polar surface area (TPSA) is 56.0 Å². The molecule has 3 nitrogen and oxygen atoms in total. The normalized spacial score (nSPS) is 10.4. The quantitative estimate of drug-likeness (QED) is 0.851. The zero-order valence-electron chi connectivity index (χ0n) is 9.58. The number of nitrogens with two attached hydrogens (primary N) is 1. The number of ketones is 1. The molecule has 2 aromatic rings. The van der Waals surface area contributed by atoms with Gasteiger partial charge in [0.05, 0.1) is 21.3 Å². The van der Waals surface area contributed by atoms with Gasteiger partial charge in [-0.3, -0.25) is 4.79 Å². The van der Waals surface area contributed by atoms with Crippen LogP contribution in [0.4, 0.5) is 5.82 Å². The van der Waals surface area contributed by atoms with Crippen LogP contribution in [0.1, 0.15) is 17.3 Å². The van der Waals surface area contributed by atoms with E-state index >= 15 is 0 Å². The molecule has 0 spiro atoms. The van der Waals surface area contributed by atoms with E-state index in [9.17, 15) is 4.79 Å². The fraction of sp³-hybridized carbons (Fsp3) is 0.0769. The van der Waals surface area contributed by atoms with Gasteiger partial charge in [0.1, 0.15) is 5.82 Å². The molecule has 0 bridgehead atoms. The molecule has 2 rings (SSSR count). The summed E-state index contributed by atoms with van der Waals surface area (Å²) in [5, 5.41) is 0.930. The standard InChI is InChI=1S/C13H10Cl2N2O/c1-7(18)9-3-5-12(17-13(9)16)8-2-4-10(14)11(15)6-8/h2-6H,1H3,(H2,16,17). The number of nitrogens with zero attached hydrogens (tertiary/aromatic N) is 1. The van der Waals surface area contributed by atoms with Gasteiger partial charge in [-0.25, -0.2) is 4.98 Å². The van der Waals surface area contributed by atoms with Crippen LogP contribution in [0.25, 0.3) is 11.3 Å². The summed E-state index contributed by atoms with van der Waals surface area (Å²) in [7, 11) is 0. The molecular formula is C13H10Cl2N2O. The van der Waals surface area contributed by atoms with Crippen LogP contribution in [-0.2, 0) is 0 Å². The highest BCUT2D eigenvalue weighted by molar-refractivity contribution is 6.42. The fourth-order valence-corrected chi connectivity index (χ4v) is 1.89. The molecule has 0 amide bonds. The van der Waals surface area contributed by atoms with Crippen LogP contribution in [-0.4, -0.2) is 10.8 Å². The zero-order chi connectivity index (χ0) is 13.3. The summed E-state index contributed by atoms with van der Waals surface area (Å²) in [4.78, 5) is 15.4. The monoisotopic (exact) mass is 280 g/mol. The first kappa shape index (κ1) is 12.9. The molecule has 1 aromatic heterocycles. The predicted molar refractivity (Wildman–Crippen MR) is 74.1 cm³/mol. The molecule has 0 saturated carbocycles. The molecule has 0 atom stereocenters. The Balaban J connectivity index is 2.48. The molecule has 1 aromatic carbocycles. The summed E-state index contributed by atoms with van der Waals surface area (Å²) in [6, 6.07) is 8.58. The van der Waals surface area contributed by atoms with Gasteiger partial charge in [-0.05, 0) is 31.2 Å². The number of nitrogen functional groups attached to an aromatic ring is 1. The Kier molecular flexibility index (Phi) is 3.55. The van der Waals surface area contributed by atoms with Gasteiger partial charge in [0.25, 0.3) is 0 Å². The lowest BCUT2D eigenvalue weighted by molar-refractivity contribution is 0.101. The second-order valence-corrected chi connectivity index (χ2v) is 4.63. The molecule has 0 unspecified atom stereocenters. The largest absolute Gasteiger partial charge is 0.383 e. The molecular weight excluding hydrogens is 271 g/mol. The maximum atomic E-state index is 11.3. The van der Waals surface area contributed by atoms with Crippen LogP contribution in [0.15, 0.2) is 30.3 Å². The Morgan fingerprint density at radius 3 is 2.44 bits per heavy atom. The highest BCUT2D eigenvalue weighted by atomic mass is 35.5. The third-order valence-corrected chi connectivity index (χ3v) is 3.26. The van der Waals surface area contributed by atoms with Crippen molar-refractivity contribution in [3.05, 3.63) is 45.9 Å². The van der Waals surface area contributed by atoms with E-state index in [4.69, 9.17) is 28.9 Å². The molecule has 18 heavy (non-hydrogen) atoms. The molecule has 92 valence electrons. The van der Waals surface area contributed by atoms with Crippen LogP contribution in [0.5, 0.6) is 0 Å². The van der Waals surface area contributed by atoms with E-state index in [-0.39, 0.29) is 11.6 Å². The number of hydrogen-bond acceptors (Lipinski definition) is 3. The van der Waals surface area contributed by atoms with Crippen molar-refractivity contribution in [2.45, 2.75) is 6.92 Å². The molecule has 0 aliphatic rings. The summed E-state index contributed by atoms with van der Waals surface area (Å²) < 4.78 is 0. The minimum atomic E-state index is -0.110. The van der Waals surface area contributed by atoms with Crippen LogP contribution in [0, 0.1) is 0 Å². The summed E-state index contributed by atoms with van der Waals surface area (Å²) in [5.41, 5.74) is 7.60. The smallest absolute Gasteiger partial charge is 0.163 e. The van der Waals surface area contributed by atoms with Crippen LogP contribution < -0.4 is 5.73 Å². The van der Waals surface area contributed by atoms with Gasteiger partial charge < -0.3 is 5.73 Å². The summed E-state index contributed by atoms with van der Waals surface area (Å²) in [6.07, 6.45) is 0. The van der Waals surface area contributed by atoms with Crippen molar-refractivity contribution in [1.82, 2.24) is 4.98 Å². The van der Waals surface area contributed by atoms with Crippen molar-refractivity contribution in [3.63, 3.8) is 0 Å². The van der Waals surface area contributed by atoms with Crippen LogP contribution in [0.3, 0.4) is 0 Å². The SMILES string of the molecule is CC(=O)c1ccc(-c2ccc(Cl)c(Cl)c2)nc1N. The van der Waals surface area contributed by atoms with Crippen molar-refractivity contribution in [3.8, 4) is 11.3 Å². The van der Waals surface area contributed by atoms with E-state index < -0.39 is 0 Å². The number of benzene rings is 1. The Morgan fingerprint density at radius 2 is 1.89 bits per heavy atom. The van der Waals surface area contributed by atoms with Crippen LogP contribution >= 0.6 is 23.2 Å². The van der Waals surface area contributed by atoms with Gasteiger partial charge in [-0.2, -0.15) is 0 Å². The van der Waals surface area contributed by atoms with Crippen molar-refractivity contribution in [2.24, 2.45) is 0 Å². The molecule has 1 heterocycles. The highest BCUT2D eigenvalue weighted by Crippen LogP contribution is 2.28. The molecule has 0 radical (unpaired) electrons. The van der Waals surface area contributed by atoms with Crippen LogP contribution in [0.2, 0.25) is 10.0 Å². The summed E-state index contributed by atoms with van der Waals surface area (Å²) >= 11 is 11.8. The highest BCUT2D eigenvalue weighted by Gasteiger charge is 2.09. The van der Waals surface area contributed by atoms with E-state index in [0.717, 1.165) is 5.56 Å². The van der Waals surface area contributed by atoms with Gasteiger partial charge in [0, 0.05) is 5.56 Å². The predicted octanol–water partition coefficient (Wildman–Crippen LogP) is 3.84. The van der Waals surface area contributed by atoms with Crippen molar-refractivity contribution in [1.29, 1.82) is 0 Å². The number of aromatic nitrogens is 1. The lowest BCUT2D eigenvalue weighted by Gasteiger charge is -2.06. The van der Waals surface area contributed by atoms with Gasteiger partial charge in [0.15, 0.2) is 5.78 Å². The Bertz CT molecular complexity index is 626. The minimum absolute atomic E-state index is 0.110. The fourth-order valence-electron chi connectivity index (χ4n) is 1.59.